The van der Waals surface area contributed by atoms with Crippen LogP contribution < -0.4 is 15.4 Å². The van der Waals surface area contributed by atoms with Crippen molar-refractivity contribution >= 4 is 5.96 Å². The van der Waals surface area contributed by atoms with Crippen LogP contribution in [0.5, 0.6) is 5.75 Å². The van der Waals surface area contributed by atoms with Crippen LogP contribution >= 0.6 is 0 Å². The Morgan fingerprint density at radius 2 is 2.13 bits per heavy atom. The van der Waals surface area contributed by atoms with Gasteiger partial charge >= 0.3 is 0 Å². The fourth-order valence-corrected chi connectivity index (χ4v) is 2.31. The lowest BCUT2D eigenvalue weighted by Crippen LogP contribution is -2.39. The summed E-state index contributed by atoms with van der Waals surface area (Å²) in [6, 6.07) is 9.90. The van der Waals surface area contributed by atoms with Gasteiger partial charge in [0.1, 0.15) is 5.75 Å². The maximum Gasteiger partial charge on any atom is 0.191 e. The number of nitrogens with one attached hydrogen (secondary N) is 2. The average Bonchev–Trinajstić information content (AvgIpc) is 3.08. The third kappa shape index (κ3) is 5.32. The molecule has 6 nitrogen and oxygen atoms in total. The molecule has 1 heterocycles. The zero-order chi connectivity index (χ0) is 16.5. The van der Waals surface area contributed by atoms with Gasteiger partial charge in [-0.2, -0.15) is 5.10 Å². The van der Waals surface area contributed by atoms with Crippen LogP contribution in [0.25, 0.3) is 0 Å². The Morgan fingerprint density at radius 3 is 2.83 bits per heavy atom. The second-order valence-electron chi connectivity index (χ2n) is 5.45. The van der Waals surface area contributed by atoms with E-state index < -0.39 is 0 Å². The Hall–Kier alpha value is -2.50. The first-order chi connectivity index (χ1) is 11.2. The van der Waals surface area contributed by atoms with E-state index in [0.29, 0.717) is 12.5 Å². The monoisotopic (exact) mass is 315 g/mol. The predicted molar refractivity (Wildman–Crippen MR) is 92.6 cm³/mol. The van der Waals surface area contributed by atoms with E-state index >= 15 is 0 Å². The van der Waals surface area contributed by atoms with E-state index in [1.807, 2.05) is 41.2 Å². The van der Waals surface area contributed by atoms with E-state index in [-0.39, 0.29) is 0 Å². The van der Waals surface area contributed by atoms with Crippen molar-refractivity contribution < 1.29 is 4.74 Å². The van der Waals surface area contributed by atoms with Gasteiger partial charge in [-0.05, 0) is 18.1 Å². The highest BCUT2D eigenvalue weighted by Gasteiger charge is 2.06. The molecule has 0 spiro atoms. The number of hydrogen-bond donors (Lipinski definition) is 2. The first-order valence-corrected chi connectivity index (χ1v) is 7.76. The van der Waals surface area contributed by atoms with E-state index in [9.17, 15) is 0 Å². The summed E-state index contributed by atoms with van der Waals surface area (Å²) in [4.78, 5) is 4.26. The summed E-state index contributed by atoms with van der Waals surface area (Å²) in [5.41, 5.74) is 1.10. The zero-order valence-corrected chi connectivity index (χ0v) is 14.0. The lowest BCUT2D eigenvalue weighted by Gasteiger charge is -2.17. The number of guanidine groups is 1. The summed E-state index contributed by atoms with van der Waals surface area (Å²) in [6.07, 6.45) is 3.78. The van der Waals surface area contributed by atoms with E-state index in [4.69, 9.17) is 4.74 Å². The third-order valence-electron chi connectivity index (χ3n) is 3.54. The molecule has 2 rings (SSSR count). The third-order valence-corrected chi connectivity index (χ3v) is 3.54. The van der Waals surface area contributed by atoms with Crippen molar-refractivity contribution in [3.05, 3.63) is 48.3 Å². The number of ether oxygens (including phenoxy) is 1. The molecule has 0 aliphatic heterocycles. The van der Waals surface area contributed by atoms with Crippen LogP contribution in [-0.2, 0) is 13.1 Å². The van der Waals surface area contributed by atoms with Crippen LogP contribution in [0.1, 0.15) is 12.5 Å². The molecule has 1 aromatic heterocycles. The normalized spacial score (nSPS) is 12.7. The van der Waals surface area contributed by atoms with Gasteiger partial charge in [0.25, 0.3) is 0 Å². The average molecular weight is 315 g/mol. The molecular formula is C17H25N5O. The van der Waals surface area contributed by atoms with Gasteiger partial charge in [0.2, 0.25) is 0 Å². The van der Waals surface area contributed by atoms with Crippen LogP contribution in [0, 0.1) is 5.92 Å². The number of para-hydroxylation sites is 1. The van der Waals surface area contributed by atoms with Gasteiger partial charge < -0.3 is 15.4 Å². The van der Waals surface area contributed by atoms with Crippen LogP contribution in [0.2, 0.25) is 0 Å². The molecule has 6 heteroatoms. The quantitative estimate of drug-likeness (QED) is 0.605. The topological polar surface area (TPSA) is 63.5 Å². The standard InChI is InChI=1S/C17H25N5O/c1-14(13-22-10-6-9-21-22)11-19-17(18-2)20-12-15-7-4-5-8-16(15)23-3/h4-10,14H,11-13H2,1-3H3,(H2,18,19,20). The molecule has 0 aliphatic carbocycles. The fourth-order valence-electron chi connectivity index (χ4n) is 2.31. The molecule has 0 bridgehead atoms. The molecule has 1 unspecified atom stereocenters. The molecule has 0 amide bonds. The summed E-state index contributed by atoms with van der Waals surface area (Å²) in [5.74, 6) is 2.10. The Labute approximate surface area is 137 Å². The number of methoxy groups -OCH3 is 1. The molecule has 1 atom stereocenters. The summed E-state index contributed by atoms with van der Waals surface area (Å²) in [6.45, 7) is 4.55. The Balaban J connectivity index is 1.79. The molecule has 2 aromatic rings. The predicted octanol–water partition coefficient (Wildman–Crippen LogP) is 1.89. The lowest BCUT2D eigenvalue weighted by molar-refractivity contribution is 0.409. The SMILES string of the molecule is CN=C(NCc1ccccc1OC)NCC(C)Cn1cccn1. The lowest BCUT2D eigenvalue weighted by atomic mass is 10.2. The summed E-state index contributed by atoms with van der Waals surface area (Å²) in [7, 11) is 3.46. The highest BCUT2D eigenvalue weighted by molar-refractivity contribution is 5.79. The van der Waals surface area contributed by atoms with Gasteiger partial charge in [-0.3, -0.25) is 9.67 Å². The second-order valence-corrected chi connectivity index (χ2v) is 5.45. The molecule has 124 valence electrons. The minimum atomic E-state index is 0.444. The van der Waals surface area contributed by atoms with Crippen LogP contribution in [0.3, 0.4) is 0 Å². The van der Waals surface area contributed by atoms with Gasteiger partial charge in [-0.1, -0.05) is 25.1 Å². The first kappa shape index (κ1) is 16.9. The highest BCUT2D eigenvalue weighted by Crippen LogP contribution is 2.16. The molecule has 1 aromatic carbocycles. The van der Waals surface area contributed by atoms with Gasteiger partial charge in [0.05, 0.1) is 7.11 Å². The van der Waals surface area contributed by atoms with E-state index in [0.717, 1.165) is 30.4 Å². The zero-order valence-electron chi connectivity index (χ0n) is 14.0. The van der Waals surface area contributed by atoms with Gasteiger partial charge in [-0.25, -0.2) is 0 Å². The minimum absolute atomic E-state index is 0.444. The number of hydrogen-bond acceptors (Lipinski definition) is 3. The summed E-state index contributed by atoms with van der Waals surface area (Å²) >= 11 is 0. The van der Waals surface area contributed by atoms with E-state index in [1.165, 1.54) is 0 Å². The molecule has 0 fully saturated rings. The fraction of sp³-hybridized carbons (Fsp3) is 0.412. The van der Waals surface area contributed by atoms with Crippen LogP contribution in [0.15, 0.2) is 47.7 Å². The molecule has 0 saturated carbocycles. The first-order valence-electron chi connectivity index (χ1n) is 7.76. The van der Waals surface area contributed by atoms with Gasteiger partial charge in [-0.15, -0.1) is 0 Å². The molecule has 0 aliphatic rings. The van der Waals surface area contributed by atoms with Crippen molar-refractivity contribution in [2.45, 2.75) is 20.0 Å². The van der Waals surface area contributed by atoms with Crippen molar-refractivity contribution in [2.24, 2.45) is 10.9 Å². The van der Waals surface area contributed by atoms with Crippen molar-refractivity contribution in [1.29, 1.82) is 0 Å². The van der Waals surface area contributed by atoms with Gasteiger partial charge in [0.15, 0.2) is 5.96 Å². The number of aromatic nitrogens is 2. The Morgan fingerprint density at radius 1 is 1.30 bits per heavy atom. The molecule has 2 N–H and O–H groups in total. The van der Waals surface area contributed by atoms with E-state index in [1.54, 1.807) is 20.4 Å². The second kappa shape index (κ2) is 8.82. The molecule has 0 radical (unpaired) electrons. The van der Waals surface area contributed by atoms with E-state index in [2.05, 4.69) is 27.6 Å². The molecule has 23 heavy (non-hydrogen) atoms. The van der Waals surface area contributed by atoms with Crippen molar-refractivity contribution in [3.8, 4) is 5.75 Å². The van der Waals surface area contributed by atoms with Crippen LogP contribution in [0.4, 0.5) is 0 Å². The minimum Gasteiger partial charge on any atom is -0.496 e. The summed E-state index contributed by atoms with van der Waals surface area (Å²) in [5, 5.41) is 10.9. The number of aliphatic imine (C=N–C) groups is 1. The van der Waals surface area contributed by atoms with Crippen LogP contribution in [-0.4, -0.2) is 36.4 Å². The van der Waals surface area contributed by atoms with Gasteiger partial charge in [0, 0.05) is 44.6 Å². The maximum atomic E-state index is 5.36. The largest absolute Gasteiger partial charge is 0.496 e. The number of rotatable bonds is 7. The summed E-state index contributed by atoms with van der Waals surface area (Å²) < 4.78 is 7.30. The van der Waals surface area contributed by atoms with Crippen molar-refractivity contribution in [2.75, 3.05) is 20.7 Å². The number of benzene rings is 1. The highest BCUT2D eigenvalue weighted by atomic mass is 16.5. The van der Waals surface area contributed by atoms with Crippen molar-refractivity contribution in [3.63, 3.8) is 0 Å². The maximum absolute atomic E-state index is 5.36. The Kier molecular flexibility index (Phi) is 6.47. The molecular weight excluding hydrogens is 290 g/mol. The molecule has 0 saturated heterocycles. The smallest absolute Gasteiger partial charge is 0.191 e. The Bertz CT molecular complexity index is 609. The number of nitrogens with zero attached hydrogens (tertiary/aromatic N) is 3. The van der Waals surface area contributed by atoms with Crippen molar-refractivity contribution in [1.82, 2.24) is 20.4 Å².